The molecule has 2 aromatic carbocycles. The maximum absolute atomic E-state index is 2.67. The fourth-order valence-electron chi connectivity index (χ4n) is 3.70. The first-order valence-electron chi connectivity index (χ1n) is 8.76. The van der Waals surface area contributed by atoms with Gasteiger partial charge in [-0.1, -0.05) is 60.7 Å². The van der Waals surface area contributed by atoms with Crippen LogP contribution in [0, 0.1) is 0 Å². The third-order valence-electron chi connectivity index (χ3n) is 5.00. The van der Waals surface area contributed by atoms with Crippen molar-refractivity contribution in [2.75, 3.05) is 19.6 Å². The fraction of sp³-hybridized carbons (Fsp3) is 0.429. The van der Waals surface area contributed by atoms with Crippen LogP contribution in [0.5, 0.6) is 0 Å². The van der Waals surface area contributed by atoms with Gasteiger partial charge in [0.05, 0.1) is 6.04 Å². The van der Waals surface area contributed by atoms with Gasteiger partial charge in [-0.2, -0.15) is 0 Å². The molecule has 2 aromatic rings. The Morgan fingerprint density at radius 3 is 1.78 bits per heavy atom. The van der Waals surface area contributed by atoms with Crippen LogP contribution in [0.2, 0.25) is 0 Å². The highest BCUT2D eigenvalue weighted by Gasteiger charge is 2.31. The second-order valence-electron chi connectivity index (χ2n) is 6.90. The molecule has 1 atom stereocenters. The second kappa shape index (κ2) is 7.29. The molecule has 0 N–H and O–H groups in total. The molecular formula is C21H28N2. The molecule has 3 rings (SSSR count). The molecule has 0 amide bonds. The minimum Gasteiger partial charge on any atom is -0.298 e. The molecule has 2 nitrogen and oxygen atoms in total. The lowest BCUT2D eigenvalue weighted by atomic mass is 9.94. The Balaban J connectivity index is 1.91. The average molecular weight is 308 g/mol. The Kier molecular flexibility index (Phi) is 5.14. The van der Waals surface area contributed by atoms with Crippen LogP contribution in [0.1, 0.15) is 37.9 Å². The van der Waals surface area contributed by atoms with E-state index in [-0.39, 0.29) is 0 Å². The highest BCUT2D eigenvalue weighted by molar-refractivity contribution is 5.32. The van der Waals surface area contributed by atoms with E-state index >= 15 is 0 Å². The minimum atomic E-state index is 0.349. The van der Waals surface area contributed by atoms with E-state index in [0.29, 0.717) is 18.1 Å². The molecule has 0 aliphatic carbocycles. The molecule has 1 unspecified atom stereocenters. The van der Waals surface area contributed by atoms with Crippen LogP contribution in [-0.4, -0.2) is 41.5 Å². The van der Waals surface area contributed by atoms with Gasteiger partial charge in [-0.3, -0.25) is 9.80 Å². The molecule has 1 saturated heterocycles. The lowest BCUT2D eigenvalue weighted by Gasteiger charge is -2.45. The van der Waals surface area contributed by atoms with E-state index in [1.807, 2.05) is 0 Å². The molecule has 0 spiro atoms. The summed E-state index contributed by atoms with van der Waals surface area (Å²) in [6, 6.07) is 23.4. The van der Waals surface area contributed by atoms with Crippen LogP contribution >= 0.6 is 0 Å². The number of rotatable bonds is 4. The van der Waals surface area contributed by atoms with Crippen LogP contribution in [-0.2, 0) is 0 Å². The van der Waals surface area contributed by atoms with Gasteiger partial charge in [-0.25, -0.2) is 0 Å². The van der Waals surface area contributed by atoms with Gasteiger partial charge in [0.15, 0.2) is 0 Å². The van der Waals surface area contributed by atoms with E-state index in [1.165, 1.54) is 11.1 Å². The number of piperazine rings is 1. The quantitative estimate of drug-likeness (QED) is 0.835. The van der Waals surface area contributed by atoms with Crippen LogP contribution in [0.25, 0.3) is 0 Å². The van der Waals surface area contributed by atoms with Crippen molar-refractivity contribution in [3.05, 3.63) is 71.8 Å². The van der Waals surface area contributed by atoms with Gasteiger partial charge in [0.1, 0.15) is 0 Å². The molecule has 0 bridgehead atoms. The van der Waals surface area contributed by atoms with E-state index in [9.17, 15) is 0 Å². The van der Waals surface area contributed by atoms with Crippen molar-refractivity contribution >= 4 is 0 Å². The summed E-state index contributed by atoms with van der Waals surface area (Å²) in [5.41, 5.74) is 2.78. The van der Waals surface area contributed by atoms with Gasteiger partial charge in [0.2, 0.25) is 0 Å². The Labute approximate surface area is 140 Å². The topological polar surface area (TPSA) is 6.48 Å². The van der Waals surface area contributed by atoms with Crippen LogP contribution < -0.4 is 0 Å². The molecule has 1 fully saturated rings. The minimum absolute atomic E-state index is 0.349. The normalized spacial score (nSPS) is 20.3. The summed E-state index contributed by atoms with van der Waals surface area (Å²) in [6.45, 7) is 10.4. The first-order chi connectivity index (χ1) is 11.2. The van der Waals surface area contributed by atoms with Gasteiger partial charge in [0, 0.05) is 31.7 Å². The van der Waals surface area contributed by atoms with Crippen molar-refractivity contribution < 1.29 is 0 Å². The van der Waals surface area contributed by atoms with Crippen LogP contribution in [0.4, 0.5) is 0 Å². The van der Waals surface area contributed by atoms with Crippen molar-refractivity contribution in [3.63, 3.8) is 0 Å². The van der Waals surface area contributed by atoms with Crippen molar-refractivity contribution in [1.29, 1.82) is 0 Å². The molecule has 1 aliphatic heterocycles. The molecule has 1 heterocycles. The lowest BCUT2D eigenvalue weighted by Crippen LogP contribution is -2.54. The third-order valence-corrected chi connectivity index (χ3v) is 5.00. The highest BCUT2D eigenvalue weighted by Crippen LogP contribution is 2.31. The van der Waals surface area contributed by atoms with Gasteiger partial charge in [-0.15, -0.1) is 0 Å². The van der Waals surface area contributed by atoms with E-state index in [2.05, 4.69) is 91.2 Å². The smallest absolute Gasteiger partial charge is 0.0604 e. The summed E-state index contributed by atoms with van der Waals surface area (Å²) >= 11 is 0. The van der Waals surface area contributed by atoms with E-state index in [4.69, 9.17) is 0 Å². The Morgan fingerprint density at radius 2 is 1.35 bits per heavy atom. The first-order valence-corrected chi connectivity index (χ1v) is 8.76. The summed E-state index contributed by atoms with van der Waals surface area (Å²) < 4.78 is 0. The first kappa shape index (κ1) is 16.2. The summed E-state index contributed by atoms with van der Waals surface area (Å²) in [4.78, 5) is 5.26. The predicted molar refractivity (Wildman–Crippen MR) is 97.6 cm³/mol. The van der Waals surface area contributed by atoms with Gasteiger partial charge >= 0.3 is 0 Å². The molecule has 1 aliphatic rings. The molecule has 23 heavy (non-hydrogen) atoms. The standard InChI is InChI=1S/C21H28N2/c1-17(2)22-14-15-23(18(3)16-22)21(19-10-6-4-7-11-19)20-12-8-5-9-13-20/h4-13,17-18,21H,14-16H2,1-3H3. The number of hydrogen-bond donors (Lipinski definition) is 0. The van der Waals surface area contributed by atoms with Crippen molar-refractivity contribution in [1.82, 2.24) is 9.80 Å². The fourth-order valence-corrected chi connectivity index (χ4v) is 3.70. The Bertz CT molecular complexity index is 554. The second-order valence-corrected chi connectivity index (χ2v) is 6.90. The van der Waals surface area contributed by atoms with Crippen molar-refractivity contribution in [2.24, 2.45) is 0 Å². The molecule has 0 aromatic heterocycles. The van der Waals surface area contributed by atoms with Gasteiger partial charge in [-0.05, 0) is 31.9 Å². The van der Waals surface area contributed by atoms with E-state index in [1.54, 1.807) is 0 Å². The monoisotopic (exact) mass is 308 g/mol. The SMILES string of the molecule is CC(C)N1CCN(C(c2ccccc2)c2ccccc2)C(C)C1. The third kappa shape index (κ3) is 3.65. The van der Waals surface area contributed by atoms with E-state index < -0.39 is 0 Å². The molecule has 0 radical (unpaired) electrons. The number of benzene rings is 2. The molecular weight excluding hydrogens is 280 g/mol. The summed E-state index contributed by atoms with van der Waals surface area (Å²) in [7, 11) is 0. The maximum Gasteiger partial charge on any atom is 0.0604 e. The maximum atomic E-state index is 2.67. The van der Waals surface area contributed by atoms with E-state index in [0.717, 1.165) is 19.6 Å². The number of hydrogen-bond acceptors (Lipinski definition) is 2. The highest BCUT2D eigenvalue weighted by atomic mass is 15.3. The lowest BCUT2D eigenvalue weighted by molar-refractivity contribution is 0.0450. The summed E-state index contributed by atoms with van der Waals surface area (Å²) in [5, 5.41) is 0. The van der Waals surface area contributed by atoms with Gasteiger partial charge < -0.3 is 0 Å². The zero-order chi connectivity index (χ0) is 16.2. The Hall–Kier alpha value is -1.64. The van der Waals surface area contributed by atoms with Crippen LogP contribution in [0.3, 0.4) is 0 Å². The summed E-state index contributed by atoms with van der Waals surface area (Å²) in [6.07, 6.45) is 0. The van der Waals surface area contributed by atoms with Crippen molar-refractivity contribution in [3.8, 4) is 0 Å². The zero-order valence-corrected chi connectivity index (χ0v) is 14.5. The molecule has 122 valence electrons. The van der Waals surface area contributed by atoms with Crippen LogP contribution in [0.15, 0.2) is 60.7 Å². The van der Waals surface area contributed by atoms with Gasteiger partial charge in [0.25, 0.3) is 0 Å². The molecule has 0 saturated carbocycles. The zero-order valence-electron chi connectivity index (χ0n) is 14.5. The Morgan fingerprint density at radius 1 is 0.826 bits per heavy atom. The number of nitrogens with zero attached hydrogens (tertiary/aromatic N) is 2. The average Bonchev–Trinajstić information content (AvgIpc) is 2.58. The van der Waals surface area contributed by atoms with Crippen molar-refractivity contribution in [2.45, 2.75) is 38.9 Å². The predicted octanol–water partition coefficient (Wildman–Crippen LogP) is 4.19. The largest absolute Gasteiger partial charge is 0.298 e. The summed E-state index contributed by atoms with van der Waals surface area (Å²) in [5.74, 6) is 0. The molecule has 2 heteroatoms.